The number of aromatic amines is 1. The molecule has 20 heavy (non-hydrogen) atoms. The zero-order valence-electron chi connectivity index (χ0n) is 11.5. The maximum Gasteiger partial charge on any atom is 0.290 e. The van der Waals surface area contributed by atoms with Gasteiger partial charge in [0, 0.05) is 12.5 Å². The van der Waals surface area contributed by atoms with Gasteiger partial charge in [0.1, 0.15) is 5.82 Å². The Bertz CT molecular complexity index is 589. The van der Waals surface area contributed by atoms with E-state index in [9.17, 15) is 4.79 Å². The number of H-pyrrole nitrogens is 1. The summed E-state index contributed by atoms with van der Waals surface area (Å²) in [5.41, 5.74) is 1.21. The second-order valence-electron chi connectivity index (χ2n) is 5.34. The van der Waals surface area contributed by atoms with Crippen molar-refractivity contribution in [2.75, 3.05) is 6.54 Å². The Morgan fingerprint density at radius 3 is 2.85 bits per heavy atom. The standard InChI is InChI=1S/C15H18N4O/c1-10(11-5-3-2-4-6-11)9-16-15(20)14-17-13(18-19-14)12-7-8-12/h2-6,10,12H,7-9H2,1H3,(H,16,20)(H,17,18,19). The van der Waals surface area contributed by atoms with E-state index in [2.05, 4.69) is 39.6 Å². The molecule has 2 N–H and O–H groups in total. The summed E-state index contributed by atoms with van der Waals surface area (Å²) in [6, 6.07) is 10.1. The number of nitrogens with one attached hydrogen (secondary N) is 2. The fraction of sp³-hybridized carbons (Fsp3) is 0.400. The van der Waals surface area contributed by atoms with Gasteiger partial charge in [0.05, 0.1) is 0 Å². The molecule has 1 aliphatic carbocycles. The molecule has 0 spiro atoms. The Morgan fingerprint density at radius 1 is 1.40 bits per heavy atom. The summed E-state index contributed by atoms with van der Waals surface area (Å²) < 4.78 is 0. The molecule has 0 radical (unpaired) electrons. The van der Waals surface area contributed by atoms with Crippen LogP contribution >= 0.6 is 0 Å². The van der Waals surface area contributed by atoms with Gasteiger partial charge < -0.3 is 5.32 Å². The number of carbonyl (C=O) groups is 1. The molecule has 1 heterocycles. The van der Waals surface area contributed by atoms with E-state index in [1.165, 1.54) is 5.56 Å². The zero-order valence-corrected chi connectivity index (χ0v) is 11.5. The van der Waals surface area contributed by atoms with Gasteiger partial charge in [0.15, 0.2) is 0 Å². The normalized spacial score (nSPS) is 15.8. The molecule has 0 bridgehead atoms. The SMILES string of the molecule is CC(CNC(=O)c1n[nH]c(C2CC2)n1)c1ccccc1. The lowest BCUT2D eigenvalue weighted by atomic mass is 10.0. The van der Waals surface area contributed by atoms with Crippen molar-refractivity contribution >= 4 is 5.91 Å². The molecule has 1 aromatic heterocycles. The number of benzene rings is 1. The van der Waals surface area contributed by atoms with Crippen LogP contribution in [-0.2, 0) is 0 Å². The van der Waals surface area contributed by atoms with E-state index in [-0.39, 0.29) is 17.6 Å². The Hall–Kier alpha value is -2.17. The number of nitrogens with zero attached hydrogens (tertiary/aromatic N) is 2. The summed E-state index contributed by atoms with van der Waals surface area (Å²) in [6.07, 6.45) is 2.28. The van der Waals surface area contributed by atoms with Crippen LogP contribution in [0.25, 0.3) is 0 Å². The predicted molar refractivity (Wildman–Crippen MR) is 75.5 cm³/mol. The smallest absolute Gasteiger partial charge is 0.290 e. The predicted octanol–water partition coefficient (Wildman–Crippen LogP) is 2.22. The van der Waals surface area contributed by atoms with Gasteiger partial charge in [-0.25, -0.2) is 4.98 Å². The Kier molecular flexibility index (Phi) is 3.50. The average Bonchev–Trinajstić information content (AvgIpc) is 3.22. The van der Waals surface area contributed by atoms with Crippen molar-refractivity contribution in [3.05, 3.63) is 47.5 Å². The van der Waals surface area contributed by atoms with Gasteiger partial charge in [-0.2, -0.15) is 0 Å². The molecule has 1 amide bonds. The highest BCUT2D eigenvalue weighted by Crippen LogP contribution is 2.37. The van der Waals surface area contributed by atoms with Gasteiger partial charge in [-0.3, -0.25) is 9.89 Å². The highest BCUT2D eigenvalue weighted by atomic mass is 16.2. The quantitative estimate of drug-likeness (QED) is 0.875. The number of hydrogen-bond acceptors (Lipinski definition) is 3. The van der Waals surface area contributed by atoms with E-state index in [1.807, 2.05) is 18.2 Å². The van der Waals surface area contributed by atoms with E-state index in [0.29, 0.717) is 12.5 Å². The molecule has 2 aromatic rings. The maximum absolute atomic E-state index is 12.0. The van der Waals surface area contributed by atoms with Crippen molar-refractivity contribution in [3.8, 4) is 0 Å². The number of rotatable bonds is 5. The zero-order chi connectivity index (χ0) is 13.9. The summed E-state index contributed by atoms with van der Waals surface area (Å²) in [5.74, 6) is 1.61. The number of carbonyl (C=O) groups excluding carboxylic acids is 1. The monoisotopic (exact) mass is 270 g/mol. The summed E-state index contributed by atoms with van der Waals surface area (Å²) >= 11 is 0. The van der Waals surface area contributed by atoms with Crippen LogP contribution in [0.2, 0.25) is 0 Å². The van der Waals surface area contributed by atoms with Crippen molar-refractivity contribution in [1.29, 1.82) is 0 Å². The van der Waals surface area contributed by atoms with Crippen molar-refractivity contribution in [2.24, 2.45) is 0 Å². The first kappa shape index (κ1) is 12.8. The lowest BCUT2D eigenvalue weighted by molar-refractivity contribution is 0.0941. The first-order valence-electron chi connectivity index (χ1n) is 6.99. The van der Waals surface area contributed by atoms with E-state index < -0.39 is 0 Å². The minimum atomic E-state index is -0.212. The molecule has 1 saturated carbocycles. The first-order valence-corrected chi connectivity index (χ1v) is 6.99. The molecule has 1 unspecified atom stereocenters. The number of hydrogen-bond donors (Lipinski definition) is 2. The van der Waals surface area contributed by atoms with Crippen LogP contribution in [0.5, 0.6) is 0 Å². The summed E-state index contributed by atoms with van der Waals surface area (Å²) in [5, 5.41) is 9.71. The van der Waals surface area contributed by atoms with Gasteiger partial charge in [-0.15, -0.1) is 5.10 Å². The van der Waals surface area contributed by atoms with E-state index in [0.717, 1.165) is 18.7 Å². The van der Waals surface area contributed by atoms with E-state index in [4.69, 9.17) is 0 Å². The number of aromatic nitrogens is 3. The van der Waals surface area contributed by atoms with Crippen molar-refractivity contribution in [1.82, 2.24) is 20.5 Å². The van der Waals surface area contributed by atoms with Gasteiger partial charge >= 0.3 is 0 Å². The molecule has 1 aromatic carbocycles. The van der Waals surface area contributed by atoms with Crippen molar-refractivity contribution in [3.63, 3.8) is 0 Å². The fourth-order valence-corrected chi connectivity index (χ4v) is 2.14. The molecular weight excluding hydrogens is 252 g/mol. The van der Waals surface area contributed by atoms with Crippen LogP contribution in [0.3, 0.4) is 0 Å². The number of amides is 1. The second-order valence-corrected chi connectivity index (χ2v) is 5.34. The highest BCUT2D eigenvalue weighted by molar-refractivity contribution is 5.90. The largest absolute Gasteiger partial charge is 0.349 e. The molecule has 0 saturated heterocycles. The van der Waals surface area contributed by atoms with Crippen LogP contribution in [0.4, 0.5) is 0 Å². The van der Waals surface area contributed by atoms with Crippen LogP contribution < -0.4 is 5.32 Å². The molecule has 0 aliphatic heterocycles. The Balaban J connectivity index is 1.55. The minimum Gasteiger partial charge on any atom is -0.349 e. The molecule has 3 rings (SSSR count). The third-order valence-corrected chi connectivity index (χ3v) is 3.61. The van der Waals surface area contributed by atoms with Crippen LogP contribution in [0, 0.1) is 0 Å². The lowest BCUT2D eigenvalue weighted by Gasteiger charge is -2.11. The maximum atomic E-state index is 12.0. The minimum absolute atomic E-state index is 0.212. The summed E-state index contributed by atoms with van der Waals surface area (Å²) in [6.45, 7) is 2.67. The average molecular weight is 270 g/mol. The molecule has 1 fully saturated rings. The van der Waals surface area contributed by atoms with Crippen LogP contribution in [-0.4, -0.2) is 27.6 Å². The van der Waals surface area contributed by atoms with Crippen molar-refractivity contribution < 1.29 is 4.79 Å². The lowest BCUT2D eigenvalue weighted by Crippen LogP contribution is -2.28. The van der Waals surface area contributed by atoms with Gasteiger partial charge in [0.25, 0.3) is 5.91 Å². The van der Waals surface area contributed by atoms with Crippen LogP contribution in [0.15, 0.2) is 30.3 Å². The topological polar surface area (TPSA) is 70.7 Å². The van der Waals surface area contributed by atoms with E-state index in [1.54, 1.807) is 0 Å². The van der Waals surface area contributed by atoms with Gasteiger partial charge in [-0.1, -0.05) is 37.3 Å². The third kappa shape index (κ3) is 2.87. The second kappa shape index (κ2) is 5.45. The molecular formula is C15H18N4O. The Labute approximate surface area is 117 Å². The fourth-order valence-electron chi connectivity index (χ4n) is 2.14. The third-order valence-electron chi connectivity index (χ3n) is 3.61. The Morgan fingerprint density at radius 2 is 2.15 bits per heavy atom. The molecule has 1 aliphatic rings. The van der Waals surface area contributed by atoms with E-state index >= 15 is 0 Å². The summed E-state index contributed by atoms with van der Waals surface area (Å²) in [4.78, 5) is 16.2. The van der Waals surface area contributed by atoms with Crippen LogP contribution in [0.1, 0.15) is 53.6 Å². The first-order chi connectivity index (χ1) is 9.74. The van der Waals surface area contributed by atoms with Gasteiger partial charge in [0.2, 0.25) is 5.82 Å². The van der Waals surface area contributed by atoms with Gasteiger partial charge in [-0.05, 0) is 24.3 Å². The molecule has 1 atom stereocenters. The highest BCUT2D eigenvalue weighted by Gasteiger charge is 2.28. The van der Waals surface area contributed by atoms with Crippen molar-refractivity contribution in [2.45, 2.75) is 31.6 Å². The molecule has 104 valence electrons. The molecule has 5 heteroatoms. The molecule has 5 nitrogen and oxygen atoms in total. The summed E-state index contributed by atoms with van der Waals surface area (Å²) in [7, 11) is 0.